The predicted molar refractivity (Wildman–Crippen MR) is 48.8 cm³/mol. The molecule has 0 aromatic carbocycles. The van der Waals surface area contributed by atoms with Gasteiger partial charge in [0.2, 0.25) is 5.78 Å². The van der Waals surface area contributed by atoms with E-state index in [0.29, 0.717) is 0 Å². The van der Waals surface area contributed by atoms with Gasteiger partial charge in [-0.25, -0.2) is 4.79 Å². The van der Waals surface area contributed by atoms with Crippen LogP contribution >= 0.6 is 0 Å². The van der Waals surface area contributed by atoms with Crippen molar-refractivity contribution in [2.75, 3.05) is 0 Å². The molecule has 1 N–H and O–H groups in total. The minimum absolute atomic E-state index is 0.0787. The number of carbonyl (C=O) groups is 3. The van der Waals surface area contributed by atoms with Gasteiger partial charge < -0.3 is 9.90 Å². The monoisotopic (exact) mass is 218 g/mol. The molecule has 0 aromatic rings. The SMILES string of the molecule is CC(C)C=O.CCC(=O)C(=O)O.O=C=O. The molecular formula is C9H14O6. The highest BCUT2D eigenvalue weighted by Gasteiger charge is 2.05. The van der Waals surface area contributed by atoms with Crippen LogP contribution in [0.1, 0.15) is 27.2 Å². The Bertz CT molecular complexity index is 225. The summed E-state index contributed by atoms with van der Waals surface area (Å²) in [5, 5.41) is 7.83. The van der Waals surface area contributed by atoms with Crippen molar-refractivity contribution in [3.05, 3.63) is 0 Å². The largest absolute Gasteiger partial charge is 0.476 e. The van der Waals surface area contributed by atoms with Gasteiger partial charge in [0.05, 0.1) is 0 Å². The Morgan fingerprint density at radius 2 is 1.60 bits per heavy atom. The van der Waals surface area contributed by atoms with Crippen LogP contribution in [-0.4, -0.2) is 29.3 Å². The van der Waals surface area contributed by atoms with Gasteiger partial charge in [-0.2, -0.15) is 9.59 Å². The number of carboxylic acids is 1. The first-order valence-electron chi connectivity index (χ1n) is 4.07. The van der Waals surface area contributed by atoms with E-state index >= 15 is 0 Å². The average Bonchev–Trinajstić information content (AvgIpc) is 2.18. The quantitative estimate of drug-likeness (QED) is 0.539. The molecule has 0 aliphatic carbocycles. The molecule has 6 heteroatoms. The van der Waals surface area contributed by atoms with Gasteiger partial charge in [0, 0.05) is 12.3 Å². The summed E-state index contributed by atoms with van der Waals surface area (Å²) in [4.78, 5) is 45.2. The van der Waals surface area contributed by atoms with Crippen LogP contribution < -0.4 is 0 Å². The van der Waals surface area contributed by atoms with Crippen molar-refractivity contribution >= 4 is 24.2 Å². The van der Waals surface area contributed by atoms with Crippen molar-refractivity contribution in [1.82, 2.24) is 0 Å². The molecule has 0 atom stereocenters. The van der Waals surface area contributed by atoms with Crippen molar-refractivity contribution in [2.45, 2.75) is 27.2 Å². The highest BCUT2D eigenvalue weighted by atomic mass is 16.4. The number of aldehydes is 1. The molecule has 0 saturated carbocycles. The van der Waals surface area contributed by atoms with Crippen LogP contribution in [-0.2, 0) is 24.0 Å². The topological polar surface area (TPSA) is 106 Å². The predicted octanol–water partition coefficient (Wildman–Crippen LogP) is 0.308. The zero-order valence-electron chi connectivity index (χ0n) is 8.85. The second-order valence-electron chi connectivity index (χ2n) is 2.55. The summed E-state index contributed by atoms with van der Waals surface area (Å²) in [6.07, 6.45) is 1.25. The molecule has 86 valence electrons. The molecule has 0 rings (SSSR count). The van der Waals surface area contributed by atoms with E-state index in [0.717, 1.165) is 6.29 Å². The normalized spacial score (nSPS) is 7.20. The fraction of sp³-hybridized carbons (Fsp3) is 0.556. The van der Waals surface area contributed by atoms with Gasteiger partial charge in [-0.15, -0.1) is 0 Å². The first kappa shape index (κ1) is 18.9. The van der Waals surface area contributed by atoms with Crippen LogP contribution in [0.3, 0.4) is 0 Å². The summed E-state index contributed by atoms with van der Waals surface area (Å²) < 4.78 is 0. The Balaban J connectivity index is -0.000000158. The second-order valence-corrected chi connectivity index (χ2v) is 2.55. The van der Waals surface area contributed by atoms with E-state index in [9.17, 15) is 14.4 Å². The summed E-state index contributed by atoms with van der Waals surface area (Å²) in [5.74, 6) is -1.88. The van der Waals surface area contributed by atoms with Gasteiger partial charge in [0.1, 0.15) is 6.29 Å². The van der Waals surface area contributed by atoms with Crippen LogP contribution in [0, 0.1) is 5.92 Å². The molecule has 15 heavy (non-hydrogen) atoms. The first-order chi connectivity index (χ1) is 6.87. The standard InChI is InChI=1S/C4H6O3.C4H8O.CO2/c1-2-3(5)4(6)7;1-4(2)3-5;2-1-3/h2H2,1H3,(H,6,7);3-4H,1-2H3;. The van der Waals surface area contributed by atoms with Crippen LogP contribution in [0.2, 0.25) is 0 Å². The van der Waals surface area contributed by atoms with Crippen LogP contribution in [0.4, 0.5) is 0 Å². The summed E-state index contributed by atoms with van der Waals surface area (Å²) in [7, 11) is 0. The lowest BCUT2D eigenvalue weighted by Crippen LogP contribution is -2.09. The third-order valence-corrected chi connectivity index (χ3v) is 0.832. The molecule has 0 amide bonds. The molecule has 0 radical (unpaired) electrons. The van der Waals surface area contributed by atoms with E-state index in [1.165, 1.54) is 6.92 Å². The van der Waals surface area contributed by atoms with Crippen molar-refractivity contribution in [3.63, 3.8) is 0 Å². The molecule has 0 saturated heterocycles. The molecular weight excluding hydrogens is 204 g/mol. The van der Waals surface area contributed by atoms with Crippen molar-refractivity contribution in [3.8, 4) is 0 Å². The lowest BCUT2D eigenvalue weighted by atomic mass is 10.3. The minimum atomic E-state index is -1.34. The second kappa shape index (κ2) is 14.7. The number of hydrogen-bond acceptors (Lipinski definition) is 5. The Morgan fingerprint density at radius 1 is 1.33 bits per heavy atom. The number of rotatable bonds is 3. The smallest absolute Gasteiger partial charge is 0.373 e. The Hall–Kier alpha value is -1.81. The van der Waals surface area contributed by atoms with Crippen LogP contribution in [0.15, 0.2) is 0 Å². The molecule has 0 aliphatic heterocycles. The summed E-state index contributed by atoms with van der Waals surface area (Å²) in [6, 6.07) is 0. The van der Waals surface area contributed by atoms with Gasteiger partial charge >= 0.3 is 12.1 Å². The van der Waals surface area contributed by atoms with Gasteiger partial charge in [0.25, 0.3) is 0 Å². The van der Waals surface area contributed by atoms with E-state index in [4.69, 9.17) is 14.7 Å². The fourth-order valence-electron chi connectivity index (χ4n) is 0.151. The third kappa shape index (κ3) is 33.0. The molecule has 0 aliphatic rings. The van der Waals surface area contributed by atoms with Gasteiger partial charge in [0.15, 0.2) is 0 Å². The van der Waals surface area contributed by atoms with Gasteiger partial charge in [-0.3, -0.25) is 4.79 Å². The maximum atomic E-state index is 9.91. The number of hydrogen-bond donors (Lipinski definition) is 1. The summed E-state index contributed by atoms with van der Waals surface area (Å²) in [5.41, 5.74) is 0. The molecule has 0 spiro atoms. The van der Waals surface area contributed by atoms with Crippen LogP contribution in [0.5, 0.6) is 0 Å². The van der Waals surface area contributed by atoms with Crippen molar-refractivity contribution in [2.24, 2.45) is 5.92 Å². The van der Waals surface area contributed by atoms with E-state index in [-0.39, 0.29) is 18.5 Å². The number of carboxylic acid groups (broad SMARTS) is 1. The number of Topliss-reactive ketones (excluding diaryl/α,β-unsaturated/α-hetero) is 1. The summed E-state index contributed by atoms with van der Waals surface area (Å²) in [6.45, 7) is 5.22. The van der Waals surface area contributed by atoms with E-state index in [1.54, 1.807) is 0 Å². The van der Waals surface area contributed by atoms with E-state index in [1.807, 2.05) is 13.8 Å². The van der Waals surface area contributed by atoms with Gasteiger partial charge in [-0.05, 0) is 0 Å². The Labute approximate surface area is 87.3 Å². The molecule has 0 fully saturated rings. The van der Waals surface area contributed by atoms with E-state index in [2.05, 4.69) is 0 Å². The highest BCUT2D eigenvalue weighted by molar-refractivity contribution is 6.32. The molecule has 6 nitrogen and oxygen atoms in total. The lowest BCUT2D eigenvalue weighted by Gasteiger charge is -1.80. The van der Waals surface area contributed by atoms with Crippen molar-refractivity contribution in [1.29, 1.82) is 0 Å². The summed E-state index contributed by atoms with van der Waals surface area (Å²) >= 11 is 0. The number of aliphatic carboxylic acids is 1. The zero-order chi connectivity index (χ0) is 12.9. The van der Waals surface area contributed by atoms with Crippen molar-refractivity contribution < 1.29 is 29.1 Å². The highest BCUT2D eigenvalue weighted by Crippen LogP contribution is 1.78. The average molecular weight is 218 g/mol. The zero-order valence-corrected chi connectivity index (χ0v) is 8.85. The lowest BCUT2D eigenvalue weighted by molar-refractivity contribution is -0.191. The maximum Gasteiger partial charge on any atom is 0.373 e. The molecule has 0 bridgehead atoms. The molecule has 0 unspecified atom stereocenters. The van der Waals surface area contributed by atoms with E-state index < -0.39 is 11.8 Å². The minimum Gasteiger partial charge on any atom is -0.476 e. The van der Waals surface area contributed by atoms with Crippen LogP contribution in [0.25, 0.3) is 0 Å². The number of carbonyl (C=O) groups excluding carboxylic acids is 4. The maximum absolute atomic E-state index is 9.91. The fourth-order valence-corrected chi connectivity index (χ4v) is 0.151. The Morgan fingerprint density at radius 3 is 1.60 bits per heavy atom. The Kier molecular flexibility index (Phi) is 18.5. The molecule has 0 aromatic heterocycles. The van der Waals surface area contributed by atoms with Gasteiger partial charge in [-0.1, -0.05) is 20.8 Å². The third-order valence-electron chi connectivity index (χ3n) is 0.832. The number of ketones is 1. The molecule has 0 heterocycles. The first-order valence-corrected chi connectivity index (χ1v) is 4.07.